The first kappa shape index (κ1) is 11.1. The molecule has 1 spiro atoms. The summed E-state index contributed by atoms with van der Waals surface area (Å²) < 4.78 is 0. The summed E-state index contributed by atoms with van der Waals surface area (Å²) in [6.45, 7) is 4.19. The Balaban J connectivity index is 2.00. The van der Waals surface area contributed by atoms with E-state index in [4.69, 9.17) is 5.53 Å². The zero-order valence-corrected chi connectivity index (χ0v) is 10.3. The third kappa shape index (κ3) is 1.10. The molecule has 1 N–H and O–H groups in total. The van der Waals surface area contributed by atoms with Crippen LogP contribution < -0.4 is 0 Å². The summed E-state index contributed by atoms with van der Waals surface area (Å²) in [7, 11) is 0. The molecule has 3 saturated carbocycles. The highest BCUT2D eigenvalue weighted by Crippen LogP contribution is 2.69. The van der Waals surface area contributed by atoms with Gasteiger partial charge in [0.05, 0.1) is 12.5 Å². The molecular weight excluding hydrogens is 216 g/mol. The topological polar surface area (TPSA) is 73.7 Å². The van der Waals surface area contributed by atoms with Crippen molar-refractivity contribution in [1.82, 2.24) is 0 Å². The molecule has 0 aromatic heterocycles. The van der Waals surface area contributed by atoms with Crippen LogP contribution in [0.25, 0.3) is 5.53 Å². The molecule has 0 saturated heterocycles. The minimum atomic E-state index is -0.274. The lowest BCUT2D eigenvalue weighted by atomic mass is 9.41. The van der Waals surface area contributed by atoms with Gasteiger partial charge in [0.15, 0.2) is 0 Å². The fraction of sp³-hybridized carbons (Fsp3) is 0.846. The second-order valence-corrected chi connectivity index (χ2v) is 6.54. The van der Waals surface area contributed by atoms with Gasteiger partial charge in [0.1, 0.15) is 0 Å². The Morgan fingerprint density at radius 1 is 1.47 bits per heavy atom. The fourth-order valence-electron chi connectivity index (χ4n) is 4.58. The molecule has 0 aromatic rings. The van der Waals surface area contributed by atoms with E-state index in [1.165, 1.54) is 0 Å². The molecule has 3 fully saturated rings. The van der Waals surface area contributed by atoms with E-state index < -0.39 is 0 Å². The Labute approximate surface area is 101 Å². The Kier molecular flexibility index (Phi) is 2.00. The van der Waals surface area contributed by atoms with Gasteiger partial charge in [-0.1, -0.05) is 13.8 Å². The summed E-state index contributed by atoms with van der Waals surface area (Å²) in [6, 6.07) is 0. The van der Waals surface area contributed by atoms with E-state index in [0.29, 0.717) is 18.1 Å². The Morgan fingerprint density at radius 2 is 2.18 bits per heavy atom. The van der Waals surface area contributed by atoms with Gasteiger partial charge in [-0.15, -0.1) is 0 Å². The minimum Gasteiger partial charge on any atom is -0.393 e. The average Bonchev–Trinajstić information content (AvgIpc) is 2.43. The van der Waals surface area contributed by atoms with Crippen LogP contribution in [0, 0.1) is 22.7 Å². The van der Waals surface area contributed by atoms with Crippen LogP contribution >= 0.6 is 0 Å². The van der Waals surface area contributed by atoms with E-state index in [2.05, 4.69) is 18.6 Å². The minimum absolute atomic E-state index is 0.0125. The van der Waals surface area contributed by atoms with Crippen LogP contribution in [-0.4, -0.2) is 27.5 Å². The van der Waals surface area contributed by atoms with Gasteiger partial charge in [-0.2, -0.15) is 4.79 Å². The van der Waals surface area contributed by atoms with Gasteiger partial charge in [0.2, 0.25) is 5.78 Å². The van der Waals surface area contributed by atoms with E-state index in [1.54, 1.807) is 0 Å². The van der Waals surface area contributed by atoms with Crippen molar-refractivity contribution in [2.45, 2.75) is 45.6 Å². The van der Waals surface area contributed by atoms with E-state index in [9.17, 15) is 9.90 Å². The Hall–Kier alpha value is -0.990. The van der Waals surface area contributed by atoms with Crippen molar-refractivity contribution in [2.75, 3.05) is 0 Å². The number of Topliss-reactive ketones (excluding diaryl/α,β-unsaturated/α-hetero) is 1. The van der Waals surface area contributed by atoms with Crippen LogP contribution in [0.15, 0.2) is 0 Å². The van der Waals surface area contributed by atoms with Gasteiger partial charge in [-0.3, -0.25) is 4.79 Å². The molecule has 0 bridgehead atoms. The predicted octanol–water partition coefficient (Wildman–Crippen LogP) is 1.43. The number of ketones is 1. The lowest BCUT2D eigenvalue weighted by molar-refractivity contribution is -0.184. The number of carbonyl (C=O) groups is 1. The first-order valence-electron chi connectivity index (χ1n) is 6.36. The molecule has 0 amide bonds. The lowest BCUT2D eigenvalue weighted by Crippen LogP contribution is -2.60. The van der Waals surface area contributed by atoms with Crippen molar-refractivity contribution in [2.24, 2.45) is 22.7 Å². The molecule has 0 radical (unpaired) electrons. The molecule has 4 heteroatoms. The van der Waals surface area contributed by atoms with E-state index >= 15 is 0 Å². The third-order valence-electron chi connectivity index (χ3n) is 5.72. The lowest BCUT2D eigenvalue weighted by Gasteiger charge is -2.62. The highest BCUT2D eigenvalue weighted by Gasteiger charge is 2.71. The van der Waals surface area contributed by atoms with Gasteiger partial charge in [-0.05, 0) is 36.0 Å². The first-order chi connectivity index (χ1) is 7.93. The maximum Gasteiger partial charge on any atom is 0.335 e. The summed E-state index contributed by atoms with van der Waals surface area (Å²) >= 11 is 0. The largest absolute Gasteiger partial charge is 0.393 e. The van der Waals surface area contributed by atoms with Gasteiger partial charge >= 0.3 is 5.71 Å². The van der Waals surface area contributed by atoms with Crippen LogP contribution in [0.4, 0.5) is 0 Å². The fourth-order valence-corrected chi connectivity index (χ4v) is 4.58. The predicted molar refractivity (Wildman–Crippen MR) is 61.3 cm³/mol. The molecule has 4 atom stereocenters. The average molecular weight is 234 g/mol. The molecule has 3 rings (SSSR count). The molecule has 0 heterocycles. The number of aliphatic hydroxyl groups is 1. The Morgan fingerprint density at radius 3 is 2.82 bits per heavy atom. The summed E-state index contributed by atoms with van der Waals surface area (Å²) in [5.74, 6) is 0.466. The van der Waals surface area contributed by atoms with Crippen LogP contribution in [0.2, 0.25) is 0 Å². The van der Waals surface area contributed by atoms with Crippen molar-refractivity contribution < 1.29 is 14.7 Å². The normalized spacial score (nSPS) is 46.9. The molecule has 0 aliphatic heterocycles. The highest BCUT2D eigenvalue weighted by atomic mass is 16.3. The van der Waals surface area contributed by atoms with E-state index in [-0.39, 0.29) is 28.6 Å². The van der Waals surface area contributed by atoms with Crippen LogP contribution in [0.3, 0.4) is 0 Å². The number of hydrogen-bond donors (Lipinski definition) is 1. The molecule has 0 aromatic carbocycles. The SMILES string of the molecule is CC1(C)C(O)CC[C@@]23CC(=[N+]=[N-])C(=O)[C@@H]2C[C@@H]13. The van der Waals surface area contributed by atoms with E-state index in [0.717, 1.165) is 19.3 Å². The molecule has 3 aliphatic carbocycles. The summed E-state index contributed by atoms with van der Waals surface area (Å²) in [4.78, 5) is 15.2. The number of carbonyl (C=O) groups excluding carboxylic acids is 1. The molecule has 3 aliphatic rings. The summed E-state index contributed by atoms with van der Waals surface area (Å²) in [6.07, 6.45) is 2.82. The van der Waals surface area contributed by atoms with Gasteiger partial charge in [-0.25, -0.2) is 0 Å². The van der Waals surface area contributed by atoms with Crippen molar-refractivity contribution in [3.05, 3.63) is 5.53 Å². The maximum absolute atomic E-state index is 12.0. The van der Waals surface area contributed by atoms with Gasteiger partial charge in [0, 0.05) is 5.92 Å². The van der Waals surface area contributed by atoms with Gasteiger partial charge < -0.3 is 10.6 Å². The number of hydrogen-bond acceptors (Lipinski definition) is 2. The molecule has 92 valence electrons. The molecule has 4 nitrogen and oxygen atoms in total. The summed E-state index contributed by atoms with van der Waals surface area (Å²) in [5, 5.41) is 10.1. The highest BCUT2D eigenvalue weighted by molar-refractivity contribution is 6.41. The van der Waals surface area contributed by atoms with Gasteiger partial charge in [0.25, 0.3) is 0 Å². The number of nitrogens with zero attached hydrogens (tertiary/aromatic N) is 2. The monoisotopic (exact) mass is 234 g/mol. The van der Waals surface area contributed by atoms with Crippen molar-refractivity contribution in [3.8, 4) is 0 Å². The van der Waals surface area contributed by atoms with Crippen molar-refractivity contribution in [3.63, 3.8) is 0 Å². The Bertz CT molecular complexity index is 450. The quantitative estimate of drug-likeness (QED) is 0.508. The third-order valence-corrected chi connectivity index (χ3v) is 5.72. The molecule has 17 heavy (non-hydrogen) atoms. The molecular formula is C13H18N2O2. The second kappa shape index (κ2) is 3.06. The molecule has 1 unspecified atom stereocenters. The second-order valence-electron chi connectivity index (χ2n) is 6.54. The van der Waals surface area contributed by atoms with Crippen molar-refractivity contribution in [1.29, 1.82) is 0 Å². The van der Waals surface area contributed by atoms with Crippen molar-refractivity contribution >= 4 is 11.5 Å². The maximum atomic E-state index is 12.0. The van der Waals surface area contributed by atoms with Crippen LogP contribution in [-0.2, 0) is 4.79 Å². The number of aliphatic hydroxyl groups excluding tert-OH is 1. The zero-order chi connectivity index (χ0) is 12.4. The van der Waals surface area contributed by atoms with E-state index in [1.807, 2.05) is 0 Å². The standard InChI is InChI=1S/C13H18N2O2/c1-12(2)9-5-7-11(17)8(15-14)6-13(7,9)4-3-10(12)16/h7,9-10,16H,3-6H2,1-2H3/t7-,9-,10?,13+/m0/s1. The number of rotatable bonds is 0. The first-order valence-corrected chi connectivity index (χ1v) is 6.36. The van der Waals surface area contributed by atoms with Crippen LogP contribution in [0.1, 0.15) is 39.5 Å². The smallest absolute Gasteiger partial charge is 0.335 e. The van der Waals surface area contributed by atoms with Crippen LogP contribution in [0.5, 0.6) is 0 Å². The summed E-state index contributed by atoms with van der Waals surface area (Å²) in [5.41, 5.74) is 9.10. The zero-order valence-electron chi connectivity index (χ0n) is 10.3.